The zero-order valence-electron chi connectivity index (χ0n) is 16.0. The summed E-state index contributed by atoms with van der Waals surface area (Å²) in [5.41, 5.74) is 0. The van der Waals surface area contributed by atoms with Gasteiger partial charge in [0, 0.05) is 32.8 Å². The molecule has 0 spiro atoms. The third-order valence-corrected chi connectivity index (χ3v) is 4.55. The van der Waals surface area contributed by atoms with E-state index in [9.17, 15) is 0 Å². The van der Waals surface area contributed by atoms with Crippen molar-refractivity contribution < 1.29 is 9.47 Å². The first-order valence-electron chi connectivity index (χ1n) is 9.28. The quantitative estimate of drug-likeness (QED) is 0.229. The molecule has 0 unspecified atom stereocenters. The Kier molecular flexibility index (Phi) is 15.1. The summed E-state index contributed by atoms with van der Waals surface area (Å²) >= 11 is 0. The van der Waals surface area contributed by atoms with Crippen molar-refractivity contribution >= 4 is 29.9 Å². The third kappa shape index (κ3) is 10.7. The molecule has 0 aliphatic heterocycles. The predicted octanol–water partition coefficient (Wildman–Crippen LogP) is 3.43. The zero-order valence-corrected chi connectivity index (χ0v) is 18.3. The van der Waals surface area contributed by atoms with E-state index in [1.165, 1.54) is 25.7 Å². The van der Waals surface area contributed by atoms with Gasteiger partial charge in [-0.2, -0.15) is 0 Å². The molecule has 6 heteroatoms. The summed E-state index contributed by atoms with van der Waals surface area (Å²) in [4.78, 5) is 4.66. The number of nitrogens with one attached hydrogen (secondary N) is 2. The SMILES string of the molecule is CCNC(=NCCCOCCOC)NC1CCC(C(C)C)CC1.I. The summed E-state index contributed by atoms with van der Waals surface area (Å²) < 4.78 is 10.4. The highest BCUT2D eigenvalue weighted by molar-refractivity contribution is 14.0. The monoisotopic (exact) mass is 455 g/mol. The number of guanidine groups is 1. The Morgan fingerprint density at radius 3 is 2.42 bits per heavy atom. The molecule has 5 nitrogen and oxygen atoms in total. The standard InChI is InChI=1S/C18H37N3O2.HI/c1-5-19-18(20-11-6-12-23-14-13-22-4)21-17-9-7-16(8-10-17)15(2)3;/h15-17H,5-14H2,1-4H3,(H2,19,20,21);1H. The first-order valence-corrected chi connectivity index (χ1v) is 9.28. The number of methoxy groups -OCH3 is 1. The van der Waals surface area contributed by atoms with Crippen molar-refractivity contribution in [3.63, 3.8) is 0 Å². The van der Waals surface area contributed by atoms with Crippen LogP contribution in [0.25, 0.3) is 0 Å². The topological polar surface area (TPSA) is 54.9 Å². The van der Waals surface area contributed by atoms with Gasteiger partial charge in [-0.25, -0.2) is 0 Å². The van der Waals surface area contributed by atoms with E-state index in [0.717, 1.165) is 43.9 Å². The van der Waals surface area contributed by atoms with Gasteiger partial charge in [-0.3, -0.25) is 4.99 Å². The third-order valence-electron chi connectivity index (χ3n) is 4.55. The van der Waals surface area contributed by atoms with E-state index in [1.54, 1.807) is 7.11 Å². The highest BCUT2D eigenvalue weighted by Gasteiger charge is 2.23. The lowest BCUT2D eigenvalue weighted by atomic mass is 9.80. The molecule has 0 saturated heterocycles. The van der Waals surface area contributed by atoms with Crippen LogP contribution in [0.3, 0.4) is 0 Å². The Morgan fingerprint density at radius 1 is 1.12 bits per heavy atom. The molecule has 0 amide bonds. The summed E-state index contributed by atoms with van der Waals surface area (Å²) in [5.74, 6) is 2.67. The van der Waals surface area contributed by atoms with Crippen LogP contribution in [0.15, 0.2) is 4.99 Å². The highest BCUT2D eigenvalue weighted by Crippen LogP contribution is 2.29. The predicted molar refractivity (Wildman–Crippen MR) is 112 cm³/mol. The molecular weight excluding hydrogens is 417 g/mol. The maximum Gasteiger partial charge on any atom is 0.191 e. The summed E-state index contributed by atoms with van der Waals surface area (Å²) in [6.07, 6.45) is 6.13. The maximum atomic E-state index is 5.46. The summed E-state index contributed by atoms with van der Waals surface area (Å²) in [6, 6.07) is 0.570. The van der Waals surface area contributed by atoms with Gasteiger partial charge in [0.1, 0.15) is 0 Å². The van der Waals surface area contributed by atoms with Gasteiger partial charge < -0.3 is 20.1 Å². The van der Waals surface area contributed by atoms with Crippen LogP contribution >= 0.6 is 24.0 Å². The summed E-state index contributed by atoms with van der Waals surface area (Å²) in [6.45, 7) is 10.6. The van der Waals surface area contributed by atoms with E-state index < -0.39 is 0 Å². The maximum absolute atomic E-state index is 5.46. The Labute approximate surface area is 165 Å². The van der Waals surface area contributed by atoms with Crippen LogP contribution in [0.2, 0.25) is 0 Å². The molecule has 1 aliphatic carbocycles. The van der Waals surface area contributed by atoms with Gasteiger partial charge in [-0.05, 0) is 50.9 Å². The fraction of sp³-hybridized carbons (Fsp3) is 0.944. The molecule has 0 heterocycles. The Morgan fingerprint density at radius 2 is 1.83 bits per heavy atom. The second kappa shape index (κ2) is 15.2. The smallest absolute Gasteiger partial charge is 0.191 e. The van der Waals surface area contributed by atoms with Crippen molar-refractivity contribution in [2.24, 2.45) is 16.8 Å². The van der Waals surface area contributed by atoms with E-state index in [-0.39, 0.29) is 24.0 Å². The van der Waals surface area contributed by atoms with Gasteiger partial charge >= 0.3 is 0 Å². The van der Waals surface area contributed by atoms with E-state index in [4.69, 9.17) is 9.47 Å². The van der Waals surface area contributed by atoms with E-state index in [1.807, 2.05) is 0 Å². The second-order valence-corrected chi connectivity index (χ2v) is 6.72. The molecule has 1 rings (SSSR count). The van der Waals surface area contributed by atoms with Gasteiger partial charge in [-0.15, -0.1) is 24.0 Å². The molecular formula is C18H38IN3O2. The fourth-order valence-electron chi connectivity index (χ4n) is 3.05. The molecule has 2 N–H and O–H groups in total. The first-order chi connectivity index (χ1) is 11.2. The Bertz CT molecular complexity index is 319. The van der Waals surface area contributed by atoms with Gasteiger partial charge in [-0.1, -0.05) is 13.8 Å². The molecule has 1 saturated carbocycles. The van der Waals surface area contributed by atoms with E-state index in [0.29, 0.717) is 19.3 Å². The molecule has 144 valence electrons. The van der Waals surface area contributed by atoms with Crippen molar-refractivity contribution in [1.29, 1.82) is 0 Å². The number of rotatable bonds is 10. The van der Waals surface area contributed by atoms with E-state index in [2.05, 4.69) is 36.4 Å². The largest absolute Gasteiger partial charge is 0.382 e. The van der Waals surface area contributed by atoms with Crippen LogP contribution in [0.1, 0.15) is 52.9 Å². The van der Waals surface area contributed by atoms with Crippen molar-refractivity contribution in [2.45, 2.75) is 58.9 Å². The molecule has 0 radical (unpaired) electrons. The number of halogens is 1. The molecule has 1 aliphatic rings. The minimum absolute atomic E-state index is 0. The average Bonchev–Trinajstić information content (AvgIpc) is 2.54. The normalized spacial score (nSPS) is 21.5. The van der Waals surface area contributed by atoms with Crippen LogP contribution in [0.5, 0.6) is 0 Å². The van der Waals surface area contributed by atoms with Gasteiger partial charge in [0.05, 0.1) is 13.2 Å². The van der Waals surface area contributed by atoms with Crippen LogP contribution in [-0.2, 0) is 9.47 Å². The van der Waals surface area contributed by atoms with Gasteiger partial charge in [0.25, 0.3) is 0 Å². The van der Waals surface area contributed by atoms with Crippen molar-refractivity contribution in [3.8, 4) is 0 Å². The lowest BCUT2D eigenvalue weighted by Gasteiger charge is -2.32. The van der Waals surface area contributed by atoms with Crippen LogP contribution in [0.4, 0.5) is 0 Å². The van der Waals surface area contributed by atoms with Crippen molar-refractivity contribution in [2.75, 3.05) is 40.0 Å². The van der Waals surface area contributed by atoms with E-state index >= 15 is 0 Å². The minimum Gasteiger partial charge on any atom is -0.382 e. The van der Waals surface area contributed by atoms with Crippen molar-refractivity contribution in [3.05, 3.63) is 0 Å². The number of nitrogens with zero attached hydrogens (tertiary/aromatic N) is 1. The number of aliphatic imine (C=N–C) groups is 1. The molecule has 0 aromatic rings. The van der Waals surface area contributed by atoms with Gasteiger partial charge in [0.2, 0.25) is 0 Å². The lowest BCUT2D eigenvalue weighted by Crippen LogP contribution is -2.45. The minimum atomic E-state index is 0. The summed E-state index contributed by atoms with van der Waals surface area (Å²) in [5, 5.41) is 6.96. The average molecular weight is 455 g/mol. The van der Waals surface area contributed by atoms with Crippen LogP contribution in [0, 0.1) is 11.8 Å². The number of hydrogen-bond donors (Lipinski definition) is 2. The molecule has 0 aromatic heterocycles. The van der Waals surface area contributed by atoms with Gasteiger partial charge in [0.15, 0.2) is 5.96 Å². The molecule has 0 aromatic carbocycles. The van der Waals surface area contributed by atoms with Crippen molar-refractivity contribution in [1.82, 2.24) is 10.6 Å². The number of hydrogen-bond acceptors (Lipinski definition) is 3. The van der Waals surface area contributed by atoms with Crippen LogP contribution < -0.4 is 10.6 Å². The molecule has 0 bridgehead atoms. The number of ether oxygens (including phenoxy) is 2. The Balaban J connectivity index is 0.00000529. The first kappa shape index (κ1) is 23.9. The molecule has 24 heavy (non-hydrogen) atoms. The highest BCUT2D eigenvalue weighted by atomic mass is 127. The summed E-state index contributed by atoms with van der Waals surface area (Å²) in [7, 11) is 1.69. The second-order valence-electron chi connectivity index (χ2n) is 6.72. The Hall–Kier alpha value is -0.0800. The van der Waals surface area contributed by atoms with Crippen LogP contribution in [-0.4, -0.2) is 52.0 Å². The zero-order chi connectivity index (χ0) is 16.9. The molecule has 1 fully saturated rings. The fourth-order valence-corrected chi connectivity index (χ4v) is 3.05. The lowest BCUT2D eigenvalue weighted by molar-refractivity contribution is 0.0702. The molecule has 0 atom stereocenters.